The summed E-state index contributed by atoms with van der Waals surface area (Å²) in [6.07, 6.45) is 0.286. The Bertz CT molecular complexity index is 658. The summed E-state index contributed by atoms with van der Waals surface area (Å²) in [5, 5.41) is 4.15. The molecule has 0 spiro atoms. The molecule has 0 aromatic heterocycles. The highest BCUT2D eigenvalue weighted by atomic mass is 16.5. The maximum Gasteiger partial charge on any atom is 0.244 e. The van der Waals surface area contributed by atoms with Crippen molar-refractivity contribution in [3.05, 3.63) is 65.2 Å². The minimum absolute atomic E-state index is 0.142. The van der Waals surface area contributed by atoms with Crippen molar-refractivity contribution in [1.82, 2.24) is 5.43 Å². The van der Waals surface area contributed by atoms with Gasteiger partial charge in [-0.15, -0.1) is 0 Å². The van der Waals surface area contributed by atoms with Crippen LogP contribution in [0.3, 0.4) is 0 Å². The Morgan fingerprint density at radius 2 is 1.73 bits per heavy atom. The van der Waals surface area contributed by atoms with Crippen LogP contribution >= 0.6 is 0 Å². The Hall–Kier alpha value is -2.62. The van der Waals surface area contributed by atoms with Crippen LogP contribution in [-0.4, -0.2) is 18.7 Å². The molecule has 0 aliphatic carbocycles. The van der Waals surface area contributed by atoms with Gasteiger partial charge in [0.1, 0.15) is 5.75 Å². The van der Waals surface area contributed by atoms with E-state index in [0.29, 0.717) is 0 Å². The van der Waals surface area contributed by atoms with Crippen molar-refractivity contribution >= 4 is 11.6 Å². The van der Waals surface area contributed by atoms with E-state index in [-0.39, 0.29) is 12.3 Å². The van der Waals surface area contributed by atoms with Crippen molar-refractivity contribution in [2.75, 3.05) is 7.11 Å². The van der Waals surface area contributed by atoms with Crippen LogP contribution in [0.2, 0.25) is 0 Å². The monoisotopic (exact) mass is 296 g/mol. The lowest BCUT2D eigenvalue weighted by Crippen LogP contribution is -2.21. The van der Waals surface area contributed by atoms with Gasteiger partial charge in [-0.1, -0.05) is 42.0 Å². The summed E-state index contributed by atoms with van der Waals surface area (Å²) in [7, 11) is 1.62. The minimum Gasteiger partial charge on any atom is -0.497 e. The molecule has 114 valence electrons. The number of carbonyl (C=O) groups excluding carboxylic acids is 1. The van der Waals surface area contributed by atoms with Gasteiger partial charge in [0, 0.05) is 0 Å². The highest BCUT2D eigenvalue weighted by Crippen LogP contribution is 2.11. The summed E-state index contributed by atoms with van der Waals surface area (Å²) >= 11 is 0. The zero-order valence-corrected chi connectivity index (χ0v) is 13.1. The van der Waals surface area contributed by atoms with Crippen LogP contribution in [-0.2, 0) is 11.2 Å². The van der Waals surface area contributed by atoms with E-state index in [4.69, 9.17) is 4.74 Å². The molecule has 0 bridgehead atoms. The second-order valence-electron chi connectivity index (χ2n) is 5.12. The van der Waals surface area contributed by atoms with Gasteiger partial charge >= 0.3 is 0 Å². The normalized spacial score (nSPS) is 11.1. The lowest BCUT2D eigenvalue weighted by atomic mass is 10.1. The molecule has 22 heavy (non-hydrogen) atoms. The Labute approximate surface area is 130 Å². The molecule has 4 heteroatoms. The van der Waals surface area contributed by atoms with Crippen LogP contribution in [0.15, 0.2) is 53.6 Å². The van der Waals surface area contributed by atoms with E-state index in [0.717, 1.165) is 22.6 Å². The molecule has 1 N–H and O–H groups in total. The zero-order valence-electron chi connectivity index (χ0n) is 13.1. The molecule has 1 amide bonds. The van der Waals surface area contributed by atoms with Crippen LogP contribution < -0.4 is 10.2 Å². The van der Waals surface area contributed by atoms with Gasteiger partial charge in [-0.2, -0.15) is 5.10 Å². The number of ether oxygens (including phenoxy) is 1. The summed E-state index contributed by atoms with van der Waals surface area (Å²) in [5.41, 5.74) is 6.48. The fourth-order valence-electron chi connectivity index (χ4n) is 1.97. The van der Waals surface area contributed by atoms with Crippen molar-refractivity contribution in [1.29, 1.82) is 0 Å². The van der Waals surface area contributed by atoms with Crippen molar-refractivity contribution in [2.45, 2.75) is 20.3 Å². The molecule has 0 saturated carbocycles. The molecule has 0 atom stereocenters. The SMILES string of the molecule is COc1ccc(CC(=O)N/N=C(/C)c2ccc(C)cc2)cc1. The van der Waals surface area contributed by atoms with Crippen LogP contribution in [0.25, 0.3) is 0 Å². The number of benzene rings is 2. The number of amides is 1. The number of carbonyl (C=O) groups is 1. The molecule has 0 aliphatic rings. The molecular weight excluding hydrogens is 276 g/mol. The third kappa shape index (κ3) is 4.45. The molecule has 0 heterocycles. The highest BCUT2D eigenvalue weighted by molar-refractivity contribution is 5.99. The van der Waals surface area contributed by atoms with E-state index in [9.17, 15) is 4.79 Å². The average molecular weight is 296 g/mol. The standard InChI is InChI=1S/C18H20N2O2/c1-13-4-8-16(9-5-13)14(2)19-20-18(21)12-15-6-10-17(22-3)11-7-15/h4-11H,12H2,1-3H3,(H,20,21)/b19-14-. The average Bonchev–Trinajstić information content (AvgIpc) is 2.54. The maximum absolute atomic E-state index is 11.9. The number of hydrazone groups is 1. The van der Waals surface area contributed by atoms with Crippen molar-refractivity contribution in [2.24, 2.45) is 5.10 Å². The van der Waals surface area contributed by atoms with Gasteiger partial charge < -0.3 is 4.74 Å². The summed E-state index contributed by atoms with van der Waals surface area (Å²) in [6.45, 7) is 3.91. The van der Waals surface area contributed by atoms with E-state index in [2.05, 4.69) is 10.5 Å². The quantitative estimate of drug-likeness (QED) is 0.681. The number of nitrogens with zero attached hydrogens (tertiary/aromatic N) is 1. The molecular formula is C18H20N2O2. The van der Waals surface area contributed by atoms with Crippen LogP contribution in [0.4, 0.5) is 0 Å². The first-order valence-electron chi connectivity index (χ1n) is 7.11. The van der Waals surface area contributed by atoms with Crippen molar-refractivity contribution in [3.8, 4) is 5.75 Å². The van der Waals surface area contributed by atoms with Gasteiger partial charge in [0.15, 0.2) is 0 Å². The van der Waals surface area contributed by atoms with Gasteiger partial charge in [-0.25, -0.2) is 5.43 Å². The van der Waals surface area contributed by atoms with Crippen LogP contribution in [0, 0.1) is 6.92 Å². The van der Waals surface area contributed by atoms with Gasteiger partial charge in [-0.05, 0) is 37.1 Å². The fraction of sp³-hybridized carbons (Fsp3) is 0.222. The molecule has 0 unspecified atom stereocenters. The van der Waals surface area contributed by atoms with Gasteiger partial charge in [-0.3, -0.25) is 4.79 Å². The summed E-state index contributed by atoms with van der Waals surface area (Å²) in [4.78, 5) is 11.9. The summed E-state index contributed by atoms with van der Waals surface area (Å²) in [6, 6.07) is 15.4. The molecule has 4 nitrogen and oxygen atoms in total. The Kier molecular flexibility index (Phi) is 5.31. The highest BCUT2D eigenvalue weighted by Gasteiger charge is 2.03. The lowest BCUT2D eigenvalue weighted by molar-refractivity contribution is -0.120. The van der Waals surface area contributed by atoms with E-state index in [1.807, 2.05) is 62.4 Å². The molecule has 0 radical (unpaired) electrons. The van der Waals surface area contributed by atoms with E-state index in [1.54, 1.807) is 7.11 Å². The van der Waals surface area contributed by atoms with E-state index < -0.39 is 0 Å². The minimum atomic E-state index is -0.142. The van der Waals surface area contributed by atoms with Crippen LogP contribution in [0.1, 0.15) is 23.6 Å². The summed E-state index contributed by atoms with van der Waals surface area (Å²) in [5.74, 6) is 0.633. The third-order valence-electron chi connectivity index (χ3n) is 3.34. The number of hydrogen-bond acceptors (Lipinski definition) is 3. The Balaban J connectivity index is 1.93. The van der Waals surface area contributed by atoms with Crippen molar-refractivity contribution < 1.29 is 9.53 Å². The van der Waals surface area contributed by atoms with Gasteiger partial charge in [0.25, 0.3) is 0 Å². The maximum atomic E-state index is 11.9. The topological polar surface area (TPSA) is 50.7 Å². The zero-order chi connectivity index (χ0) is 15.9. The predicted octanol–water partition coefficient (Wildman–Crippen LogP) is 3.09. The smallest absolute Gasteiger partial charge is 0.244 e. The van der Waals surface area contributed by atoms with Gasteiger partial charge in [0.05, 0.1) is 19.2 Å². The first-order valence-corrected chi connectivity index (χ1v) is 7.11. The first kappa shape index (κ1) is 15.8. The molecule has 2 aromatic rings. The second kappa shape index (κ2) is 7.41. The van der Waals surface area contributed by atoms with Crippen LogP contribution in [0.5, 0.6) is 5.75 Å². The molecule has 0 aliphatic heterocycles. The number of hydrogen-bond donors (Lipinski definition) is 1. The fourth-order valence-corrected chi connectivity index (χ4v) is 1.97. The Morgan fingerprint density at radius 3 is 2.32 bits per heavy atom. The lowest BCUT2D eigenvalue weighted by Gasteiger charge is -2.05. The van der Waals surface area contributed by atoms with Gasteiger partial charge in [0.2, 0.25) is 5.91 Å². The van der Waals surface area contributed by atoms with E-state index in [1.165, 1.54) is 5.56 Å². The number of aryl methyl sites for hydroxylation is 1. The first-order chi connectivity index (χ1) is 10.6. The molecule has 2 rings (SSSR count). The predicted molar refractivity (Wildman–Crippen MR) is 88.2 cm³/mol. The number of nitrogens with one attached hydrogen (secondary N) is 1. The molecule has 0 fully saturated rings. The van der Waals surface area contributed by atoms with Crippen molar-refractivity contribution in [3.63, 3.8) is 0 Å². The largest absolute Gasteiger partial charge is 0.497 e. The van der Waals surface area contributed by atoms with E-state index >= 15 is 0 Å². The Morgan fingerprint density at radius 1 is 1.09 bits per heavy atom. The number of methoxy groups -OCH3 is 1. The molecule has 0 saturated heterocycles. The molecule has 2 aromatic carbocycles. The number of rotatable bonds is 5. The second-order valence-corrected chi connectivity index (χ2v) is 5.12. The third-order valence-corrected chi connectivity index (χ3v) is 3.34. The summed E-state index contributed by atoms with van der Waals surface area (Å²) < 4.78 is 5.09.